The number of phenols is 1. The van der Waals surface area contributed by atoms with Gasteiger partial charge in [0.2, 0.25) is 0 Å². The van der Waals surface area contributed by atoms with E-state index in [0.717, 1.165) is 90.8 Å². The molecule has 3 saturated heterocycles. The van der Waals surface area contributed by atoms with Gasteiger partial charge in [-0.05, 0) is 116 Å². The Morgan fingerprint density at radius 1 is 1.00 bits per heavy atom. The number of amides is 2. The lowest BCUT2D eigenvalue weighted by molar-refractivity contribution is -0.118. The highest BCUT2D eigenvalue weighted by Gasteiger charge is 2.42. The molecule has 62 heavy (non-hydrogen) atoms. The van der Waals surface area contributed by atoms with E-state index in [1.807, 2.05) is 48.5 Å². The summed E-state index contributed by atoms with van der Waals surface area (Å²) in [4.78, 5) is 42.3. The molecule has 0 radical (unpaired) electrons. The van der Waals surface area contributed by atoms with Crippen LogP contribution >= 0.6 is 0 Å². The fourth-order valence-electron chi connectivity index (χ4n) is 9.00. The van der Waals surface area contributed by atoms with Crippen LogP contribution in [0.25, 0.3) is 22.2 Å². The standard InChI is InChI=1S/C48H59N5O8Si/c1-48(2,3)62(4,5)61-42(36-17-19-40(54)44-45(36)59-30-43(55)50-44)28-49-27-32-15-18-37-41(26-32)60-47(58)52(37)22-10-9-11-31-14-16-35(33-12-7-6-8-13-33)38(25-31)53(46(56)57)39-29-51-23-20-34(39)21-24-51/h6-8,12-19,25-26,34,39,42,49,54H,9-11,20-24,27-30H2,1-5H3,(H,50,55)(H,56,57)/t39-,42-/m0/s1. The third-order valence-corrected chi connectivity index (χ3v) is 17.9. The molecule has 328 valence electrons. The van der Waals surface area contributed by atoms with Gasteiger partial charge in [0, 0.05) is 37.3 Å². The average Bonchev–Trinajstić information content (AvgIpc) is 3.56. The number of hydrogen-bond donors (Lipinski definition) is 4. The second kappa shape index (κ2) is 17.8. The predicted molar refractivity (Wildman–Crippen MR) is 244 cm³/mol. The summed E-state index contributed by atoms with van der Waals surface area (Å²) in [5, 5.41) is 27.4. The van der Waals surface area contributed by atoms with Gasteiger partial charge in [-0.25, -0.2) is 9.59 Å². The summed E-state index contributed by atoms with van der Waals surface area (Å²) < 4.78 is 20.2. The number of rotatable bonds is 15. The number of fused-ring (bicyclic) bond motifs is 5. The zero-order chi connectivity index (χ0) is 43.8. The van der Waals surface area contributed by atoms with E-state index in [1.165, 1.54) is 0 Å². The molecule has 14 heteroatoms. The van der Waals surface area contributed by atoms with Crippen LogP contribution in [0, 0.1) is 5.92 Å². The van der Waals surface area contributed by atoms with E-state index in [1.54, 1.807) is 21.6 Å². The van der Waals surface area contributed by atoms with Crippen molar-refractivity contribution in [1.29, 1.82) is 0 Å². The summed E-state index contributed by atoms with van der Waals surface area (Å²) in [7, 11) is -2.28. The van der Waals surface area contributed by atoms with E-state index >= 15 is 0 Å². The van der Waals surface area contributed by atoms with Crippen LogP contribution in [0.4, 0.5) is 16.2 Å². The average molecular weight is 862 g/mol. The van der Waals surface area contributed by atoms with Crippen molar-refractivity contribution >= 4 is 42.8 Å². The molecular formula is C48H59N5O8Si. The Balaban J connectivity index is 0.935. The Hall–Kier alpha value is -5.41. The topological polar surface area (TPSA) is 159 Å². The molecule has 2 bridgehead atoms. The molecule has 4 aliphatic rings. The molecule has 2 atom stereocenters. The molecule has 5 aromatic rings. The number of carbonyl (C=O) groups is 2. The van der Waals surface area contributed by atoms with Crippen LogP contribution < -0.4 is 26.0 Å². The van der Waals surface area contributed by atoms with Gasteiger partial charge in [0.1, 0.15) is 11.4 Å². The number of hydrogen-bond acceptors (Lipinski definition) is 9. The molecule has 3 fully saturated rings. The predicted octanol–water partition coefficient (Wildman–Crippen LogP) is 8.75. The Morgan fingerprint density at radius 3 is 2.47 bits per heavy atom. The van der Waals surface area contributed by atoms with Gasteiger partial charge < -0.3 is 39.3 Å². The maximum Gasteiger partial charge on any atom is 0.419 e. The highest BCUT2D eigenvalue weighted by Crippen LogP contribution is 2.46. The first kappa shape index (κ1) is 43.2. The summed E-state index contributed by atoms with van der Waals surface area (Å²) in [6.45, 7) is 15.0. The number of piperidine rings is 3. The van der Waals surface area contributed by atoms with Crippen molar-refractivity contribution in [3.63, 3.8) is 0 Å². The van der Waals surface area contributed by atoms with Crippen molar-refractivity contribution < 1.29 is 33.4 Å². The number of benzene rings is 4. The molecule has 4 aromatic carbocycles. The maximum atomic E-state index is 13.2. The number of anilines is 2. The van der Waals surface area contributed by atoms with Crippen LogP contribution in [0.3, 0.4) is 0 Å². The van der Waals surface area contributed by atoms with E-state index in [9.17, 15) is 24.6 Å². The molecule has 1 aromatic heterocycles. The van der Waals surface area contributed by atoms with Crippen molar-refractivity contribution in [2.75, 3.05) is 43.0 Å². The summed E-state index contributed by atoms with van der Waals surface area (Å²) in [6.07, 6.45) is 2.97. The summed E-state index contributed by atoms with van der Waals surface area (Å²) in [6, 6.07) is 25.3. The number of oxazole rings is 1. The van der Waals surface area contributed by atoms with E-state index in [4.69, 9.17) is 13.6 Å². The lowest BCUT2D eigenvalue weighted by Crippen LogP contribution is -2.59. The van der Waals surface area contributed by atoms with Crippen molar-refractivity contribution in [3.8, 4) is 22.6 Å². The number of carbonyl (C=O) groups excluding carboxylic acids is 1. The van der Waals surface area contributed by atoms with Gasteiger partial charge in [-0.3, -0.25) is 14.3 Å². The van der Waals surface area contributed by atoms with Gasteiger partial charge in [-0.1, -0.05) is 69.3 Å². The number of aryl methyl sites for hydroxylation is 2. The molecule has 2 amide bonds. The van der Waals surface area contributed by atoms with Crippen LogP contribution in [0.5, 0.6) is 11.5 Å². The number of nitrogens with zero attached hydrogens (tertiary/aromatic N) is 3. The monoisotopic (exact) mass is 861 g/mol. The van der Waals surface area contributed by atoms with E-state index in [0.29, 0.717) is 36.9 Å². The van der Waals surface area contributed by atoms with Gasteiger partial charge in [0.25, 0.3) is 5.91 Å². The van der Waals surface area contributed by atoms with E-state index < -0.39 is 26.3 Å². The molecule has 4 aliphatic heterocycles. The minimum Gasteiger partial charge on any atom is -0.506 e. The first-order valence-electron chi connectivity index (χ1n) is 21.9. The lowest BCUT2D eigenvalue weighted by atomic mass is 9.82. The molecule has 0 aliphatic carbocycles. The fourth-order valence-corrected chi connectivity index (χ4v) is 10.3. The summed E-state index contributed by atoms with van der Waals surface area (Å²) in [5.74, 6) is -0.0339. The Morgan fingerprint density at radius 2 is 1.76 bits per heavy atom. The van der Waals surface area contributed by atoms with Crippen LogP contribution in [0.15, 0.2) is 88.1 Å². The van der Waals surface area contributed by atoms with E-state index in [2.05, 4.69) is 67.6 Å². The van der Waals surface area contributed by atoms with Gasteiger partial charge in [0.05, 0.1) is 23.3 Å². The number of aromatic nitrogens is 1. The fraction of sp³-hybridized carbons (Fsp3) is 0.438. The third-order valence-electron chi connectivity index (χ3n) is 13.4. The molecular weight excluding hydrogens is 803 g/mol. The number of carboxylic acid groups (broad SMARTS) is 1. The van der Waals surface area contributed by atoms with Crippen LogP contribution in [0.2, 0.25) is 18.1 Å². The van der Waals surface area contributed by atoms with Crippen LogP contribution in [-0.4, -0.2) is 78.8 Å². The van der Waals surface area contributed by atoms with Crippen LogP contribution in [-0.2, 0) is 28.7 Å². The molecule has 0 spiro atoms. The number of ether oxygens (including phenoxy) is 1. The summed E-state index contributed by atoms with van der Waals surface area (Å²) >= 11 is 0. The maximum absolute atomic E-state index is 13.2. The van der Waals surface area contributed by atoms with Gasteiger partial charge in [0.15, 0.2) is 26.3 Å². The van der Waals surface area contributed by atoms with Crippen LogP contribution in [0.1, 0.15) is 69.2 Å². The third kappa shape index (κ3) is 9.05. The lowest BCUT2D eigenvalue weighted by Gasteiger charge is -2.48. The molecule has 0 saturated carbocycles. The highest BCUT2D eigenvalue weighted by atomic mass is 28.4. The van der Waals surface area contributed by atoms with Gasteiger partial charge in [-0.15, -0.1) is 0 Å². The zero-order valence-corrected chi connectivity index (χ0v) is 37.4. The molecule has 13 nitrogen and oxygen atoms in total. The second-order valence-corrected chi connectivity index (χ2v) is 23.3. The molecule has 0 unspecified atom stereocenters. The van der Waals surface area contributed by atoms with Crippen molar-refractivity contribution in [2.45, 2.75) is 96.2 Å². The zero-order valence-electron chi connectivity index (χ0n) is 36.4. The smallest absolute Gasteiger partial charge is 0.419 e. The Bertz CT molecular complexity index is 2490. The first-order valence-corrected chi connectivity index (χ1v) is 24.8. The van der Waals surface area contributed by atoms with Crippen molar-refractivity contribution in [1.82, 2.24) is 14.8 Å². The Labute approximate surface area is 363 Å². The quantitative estimate of drug-likeness (QED) is 0.0456. The normalized spacial score (nSPS) is 19.2. The van der Waals surface area contributed by atoms with Gasteiger partial charge >= 0.3 is 11.8 Å². The van der Waals surface area contributed by atoms with Crippen molar-refractivity contribution in [2.24, 2.45) is 5.92 Å². The minimum absolute atomic E-state index is 0.0657. The van der Waals surface area contributed by atoms with E-state index in [-0.39, 0.29) is 35.0 Å². The molecule has 4 N–H and O–H groups in total. The highest BCUT2D eigenvalue weighted by molar-refractivity contribution is 6.74. The SMILES string of the molecule is CC(C)(C)[Si](C)(C)O[C@@H](CNCc1ccc2c(c1)oc(=O)n2CCCCc1ccc(-c2ccccc2)c(N(C(=O)O)[C@H]2CN3CCC2CC3)c1)c1ccc(O)c2c1OCC(=O)N2. The molecule has 9 rings (SSSR count). The Kier molecular flexibility index (Phi) is 12.4. The summed E-state index contributed by atoms with van der Waals surface area (Å²) in [5.41, 5.74) is 6.89. The van der Waals surface area contributed by atoms with Gasteiger partial charge in [-0.2, -0.15) is 0 Å². The second-order valence-electron chi connectivity index (χ2n) is 18.6. The molecule has 5 heterocycles. The first-order chi connectivity index (χ1) is 29.7. The van der Waals surface area contributed by atoms with Crippen molar-refractivity contribution in [3.05, 3.63) is 106 Å². The number of nitrogens with one attached hydrogen (secondary N) is 2. The largest absolute Gasteiger partial charge is 0.506 e. The minimum atomic E-state index is -2.28. The number of aromatic hydroxyl groups is 1. The number of unbranched alkanes of at least 4 members (excludes halogenated alkanes) is 1. The number of phenolic OH excluding ortho intramolecular Hbond substituents is 1.